The lowest BCUT2D eigenvalue weighted by molar-refractivity contribution is -0.135. The van der Waals surface area contributed by atoms with Crippen LogP contribution in [0.1, 0.15) is 40.0 Å². The van der Waals surface area contributed by atoms with Gasteiger partial charge < -0.3 is 10.7 Å². The predicted molar refractivity (Wildman–Crippen MR) is 64.5 cm³/mol. The van der Waals surface area contributed by atoms with Crippen molar-refractivity contribution in [3.05, 3.63) is 11.1 Å². The lowest BCUT2D eigenvalue weighted by atomic mass is 9.66. The second-order valence-corrected chi connectivity index (χ2v) is 5.35. The normalized spacial score (nSPS) is 31.4. The number of piperidine rings is 2. The van der Waals surface area contributed by atoms with Gasteiger partial charge in [-0.3, -0.25) is 4.79 Å². The Hall–Kier alpha value is -1.12. The second-order valence-electron chi connectivity index (χ2n) is 5.35. The highest BCUT2D eigenvalue weighted by Gasteiger charge is 2.45. The fourth-order valence-corrected chi connectivity index (χ4v) is 2.56. The zero-order valence-electron chi connectivity index (χ0n) is 10.3. The van der Waals surface area contributed by atoms with Crippen LogP contribution in [0, 0.1) is 17.2 Å². The summed E-state index contributed by atoms with van der Waals surface area (Å²) in [6, 6.07) is 0.437. The zero-order chi connectivity index (χ0) is 11.9. The third kappa shape index (κ3) is 1.91. The van der Waals surface area contributed by atoms with Crippen molar-refractivity contribution in [2.24, 2.45) is 11.8 Å². The van der Waals surface area contributed by atoms with E-state index in [-0.39, 0.29) is 11.8 Å². The van der Waals surface area contributed by atoms with Crippen LogP contribution in [0.2, 0.25) is 0 Å². The van der Waals surface area contributed by atoms with Gasteiger partial charge in [0.1, 0.15) is 0 Å². The van der Waals surface area contributed by atoms with E-state index < -0.39 is 0 Å². The van der Waals surface area contributed by atoms with Crippen LogP contribution in [-0.4, -0.2) is 17.7 Å². The van der Waals surface area contributed by atoms with Gasteiger partial charge in [0.05, 0.1) is 0 Å². The molecule has 2 bridgehead atoms. The Balaban J connectivity index is 2.01. The maximum Gasteiger partial charge on any atom is 0.224 e. The van der Waals surface area contributed by atoms with Crippen LogP contribution in [0.3, 0.4) is 0 Å². The van der Waals surface area contributed by atoms with Gasteiger partial charge in [-0.15, -0.1) is 0 Å². The Morgan fingerprint density at radius 1 is 1.38 bits per heavy atom. The molecule has 88 valence electrons. The minimum Gasteiger partial charge on any atom is -0.353 e. The molecule has 0 radical (unpaired) electrons. The molecule has 3 aliphatic rings. The summed E-state index contributed by atoms with van der Waals surface area (Å²) in [5, 5.41) is 11.0. The summed E-state index contributed by atoms with van der Waals surface area (Å²) < 4.78 is 0. The van der Waals surface area contributed by atoms with Gasteiger partial charge in [-0.1, -0.05) is 5.57 Å². The Morgan fingerprint density at radius 2 is 2.00 bits per heavy atom. The lowest BCUT2D eigenvalue weighted by Crippen LogP contribution is -2.57. The van der Waals surface area contributed by atoms with E-state index in [1.807, 2.05) is 20.8 Å². The molecular weight excluding hydrogens is 200 g/mol. The van der Waals surface area contributed by atoms with Crippen LogP contribution in [0.4, 0.5) is 0 Å². The zero-order valence-corrected chi connectivity index (χ0v) is 10.3. The molecule has 1 aliphatic carbocycles. The van der Waals surface area contributed by atoms with Gasteiger partial charge in [0.25, 0.3) is 0 Å². The van der Waals surface area contributed by atoms with E-state index in [9.17, 15) is 4.79 Å². The van der Waals surface area contributed by atoms with Crippen LogP contribution < -0.4 is 5.32 Å². The van der Waals surface area contributed by atoms with Crippen LogP contribution in [0.15, 0.2) is 11.1 Å². The molecule has 1 atom stereocenters. The monoisotopic (exact) mass is 220 g/mol. The fourth-order valence-electron chi connectivity index (χ4n) is 2.56. The number of hydrogen-bond acceptors (Lipinski definition) is 2. The Bertz CT molecular complexity index is 360. The lowest BCUT2D eigenvalue weighted by Gasteiger charge is -2.46. The molecule has 3 fully saturated rings. The third-order valence-electron chi connectivity index (χ3n) is 4.05. The molecule has 3 rings (SSSR count). The highest BCUT2D eigenvalue weighted by Crippen LogP contribution is 2.40. The fraction of sp³-hybridized carbons (Fsp3) is 0.692. The molecule has 2 saturated heterocycles. The third-order valence-corrected chi connectivity index (χ3v) is 4.05. The molecule has 2 heterocycles. The van der Waals surface area contributed by atoms with E-state index in [0.29, 0.717) is 24.1 Å². The van der Waals surface area contributed by atoms with E-state index in [1.54, 1.807) is 0 Å². The summed E-state index contributed by atoms with van der Waals surface area (Å²) in [5.74, 6) is 0.745. The number of fused-ring (bicyclic) bond motifs is 2. The Morgan fingerprint density at radius 3 is 2.50 bits per heavy atom. The summed E-state index contributed by atoms with van der Waals surface area (Å²) in [6.45, 7) is 6.01. The topological polar surface area (TPSA) is 53.0 Å². The molecule has 0 aromatic heterocycles. The van der Waals surface area contributed by atoms with Gasteiger partial charge in [-0.2, -0.15) is 0 Å². The molecule has 16 heavy (non-hydrogen) atoms. The standard InChI is InChI=1S/C13H20N2O/c1-7(2)8(3)12(14)6-11-9-4-10(5-9)15-13(11)16/h9-11,14H,4-6H2,1-3H3,(H,15,16). The van der Waals surface area contributed by atoms with Crippen LogP contribution in [0.5, 0.6) is 0 Å². The van der Waals surface area contributed by atoms with Crippen molar-refractivity contribution >= 4 is 11.6 Å². The first-order valence-electron chi connectivity index (χ1n) is 6.01. The second kappa shape index (κ2) is 4.04. The van der Waals surface area contributed by atoms with Crippen molar-refractivity contribution in [1.82, 2.24) is 5.32 Å². The van der Waals surface area contributed by atoms with Crippen molar-refractivity contribution in [3.63, 3.8) is 0 Å². The number of carbonyl (C=O) groups is 1. The molecule has 1 saturated carbocycles. The minimum absolute atomic E-state index is 0.0480. The van der Waals surface area contributed by atoms with Gasteiger partial charge in [-0.25, -0.2) is 0 Å². The van der Waals surface area contributed by atoms with Crippen molar-refractivity contribution in [2.45, 2.75) is 46.1 Å². The quantitative estimate of drug-likeness (QED) is 0.704. The number of nitrogens with one attached hydrogen (secondary N) is 2. The first-order valence-corrected chi connectivity index (χ1v) is 6.01. The highest BCUT2D eigenvalue weighted by molar-refractivity contribution is 6.00. The molecule has 2 N–H and O–H groups in total. The summed E-state index contributed by atoms with van der Waals surface area (Å²) >= 11 is 0. The summed E-state index contributed by atoms with van der Waals surface area (Å²) in [4.78, 5) is 11.7. The molecule has 0 aromatic rings. The largest absolute Gasteiger partial charge is 0.353 e. The highest BCUT2D eigenvalue weighted by atomic mass is 16.2. The average molecular weight is 220 g/mol. The van der Waals surface area contributed by atoms with Crippen LogP contribution in [0.25, 0.3) is 0 Å². The summed E-state index contributed by atoms with van der Waals surface area (Å²) in [5.41, 5.74) is 2.84. The average Bonchev–Trinajstić information content (AvgIpc) is 2.17. The Labute approximate surface area is 96.8 Å². The van der Waals surface area contributed by atoms with E-state index in [0.717, 1.165) is 18.4 Å². The maximum absolute atomic E-state index is 11.7. The Kier molecular flexibility index (Phi) is 2.87. The van der Waals surface area contributed by atoms with Crippen molar-refractivity contribution in [3.8, 4) is 0 Å². The van der Waals surface area contributed by atoms with E-state index in [1.165, 1.54) is 5.57 Å². The molecule has 0 spiro atoms. The first-order chi connectivity index (χ1) is 7.49. The van der Waals surface area contributed by atoms with Crippen LogP contribution >= 0.6 is 0 Å². The molecule has 0 aromatic carbocycles. The minimum atomic E-state index is 0.0480. The molecule has 1 unspecified atom stereocenters. The maximum atomic E-state index is 11.7. The molecular formula is C13H20N2O. The van der Waals surface area contributed by atoms with Crippen molar-refractivity contribution < 1.29 is 4.79 Å². The molecule has 3 nitrogen and oxygen atoms in total. The van der Waals surface area contributed by atoms with E-state index in [2.05, 4.69) is 5.32 Å². The first kappa shape index (κ1) is 11.4. The number of hydrogen-bond donors (Lipinski definition) is 2. The van der Waals surface area contributed by atoms with Gasteiger partial charge in [0.15, 0.2) is 0 Å². The van der Waals surface area contributed by atoms with Crippen LogP contribution in [-0.2, 0) is 4.79 Å². The van der Waals surface area contributed by atoms with Crippen molar-refractivity contribution in [2.75, 3.05) is 0 Å². The van der Waals surface area contributed by atoms with Gasteiger partial charge in [0.2, 0.25) is 5.91 Å². The molecule has 3 heteroatoms. The number of amides is 1. The number of allylic oxidation sites excluding steroid dienone is 2. The molecule has 1 amide bonds. The predicted octanol–water partition coefficient (Wildman–Crippen LogP) is 2.28. The summed E-state index contributed by atoms with van der Waals surface area (Å²) in [7, 11) is 0. The number of rotatable bonds is 3. The molecule has 2 aliphatic heterocycles. The van der Waals surface area contributed by atoms with E-state index >= 15 is 0 Å². The number of carbonyl (C=O) groups excluding carboxylic acids is 1. The summed E-state index contributed by atoms with van der Waals surface area (Å²) in [6.07, 6.45) is 2.86. The van der Waals surface area contributed by atoms with Gasteiger partial charge in [0, 0.05) is 24.1 Å². The van der Waals surface area contributed by atoms with Gasteiger partial charge in [-0.05, 0) is 45.1 Å². The smallest absolute Gasteiger partial charge is 0.224 e. The SMILES string of the molecule is CC(C)=C(C)C(=N)CC1C(=O)NC2CC1C2. The van der Waals surface area contributed by atoms with E-state index in [4.69, 9.17) is 5.41 Å². The van der Waals surface area contributed by atoms with Crippen molar-refractivity contribution in [1.29, 1.82) is 5.41 Å². The van der Waals surface area contributed by atoms with Gasteiger partial charge >= 0.3 is 0 Å².